The molecule has 2 aliphatic heterocycles. The monoisotopic (exact) mass is 503 g/mol. The second kappa shape index (κ2) is 10.5. The van der Waals surface area contributed by atoms with Gasteiger partial charge < -0.3 is 19.8 Å². The zero-order chi connectivity index (χ0) is 25.0. The standard InChI is InChI=1S/C24H27FN3O6P/c1-16(29)26-14-21-15-28(24(30)33-21)19-4-7-22(23(25)12-19)18-8-10-35(32,11-9-18)34-20-5-2-17(3-6-20)13-27-31/h2-7,12-13,18,21,31H,8-11,14-15H2,1H3,(H,26,29)/t18?,21-,35?/m0/s1. The minimum absolute atomic E-state index is 0.101. The highest BCUT2D eigenvalue weighted by molar-refractivity contribution is 7.59. The number of rotatable bonds is 7. The number of anilines is 1. The number of oxime groups is 1. The predicted molar refractivity (Wildman–Crippen MR) is 128 cm³/mol. The molecule has 0 radical (unpaired) electrons. The third kappa shape index (κ3) is 6.00. The lowest BCUT2D eigenvalue weighted by atomic mass is 9.93. The summed E-state index contributed by atoms with van der Waals surface area (Å²) in [6, 6.07) is 11.4. The van der Waals surface area contributed by atoms with Gasteiger partial charge in [0.1, 0.15) is 17.7 Å². The van der Waals surface area contributed by atoms with Gasteiger partial charge in [0.15, 0.2) is 0 Å². The van der Waals surface area contributed by atoms with E-state index in [-0.39, 0.29) is 24.9 Å². The van der Waals surface area contributed by atoms with Crippen molar-refractivity contribution in [1.29, 1.82) is 0 Å². The first-order chi connectivity index (χ1) is 16.8. The van der Waals surface area contributed by atoms with E-state index in [1.807, 2.05) is 0 Å². The summed E-state index contributed by atoms with van der Waals surface area (Å²) < 4.78 is 39.3. The van der Waals surface area contributed by atoms with Gasteiger partial charge in [-0.3, -0.25) is 14.3 Å². The van der Waals surface area contributed by atoms with E-state index in [1.165, 1.54) is 24.1 Å². The van der Waals surface area contributed by atoms with Gasteiger partial charge in [-0.25, -0.2) is 9.18 Å². The number of carbonyl (C=O) groups is 2. The summed E-state index contributed by atoms with van der Waals surface area (Å²) in [5.74, 6) is -0.268. The number of nitrogens with zero attached hydrogens (tertiary/aromatic N) is 2. The third-order valence-corrected chi connectivity index (χ3v) is 8.61. The molecule has 2 amide bonds. The molecule has 4 rings (SSSR count). The number of ether oxygens (including phenoxy) is 1. The van der Waals surface area contributed by atoms with E-state index in [9.17, 15) is 14.2 Å². The highest BCUT2D eigenvalue weighted by Crippen LogP contribution is 2.54. The molecule has 2 saturated heterocycles. The Kier molecular flexibility index (Phi) is 7.40. The number of hydrogen-bond acceptors (Lipinski definition) is 7. The second-order valence-electron chi connectivity index (χ2n) is 8.70. The summed E-state index contributed by atoms with van der Waals surface area (Å²) in [5, 5.41) is 14.2. The van der Waals surface area contributed by atoms with Crippen molar-refractivity contribution in [2.75, 3.05) is 30.3 Å². The molecule has 1 atom stereocenters. The molecule has 0 spiro atoms. The summed E-state index contributed by atoms with van der Waals surface area (Å²) in [5.41, 5.74) is 1.60. The van der Waals surface area contributed by atoms with Crippen LogP contribution in [0, 0.1) is 5.82 Å². The van der Waals surface area contributed by atoms with E-state index >= 15 is 4.39 Å². The third-order valence-electron chi connectivity index (χ3n) is 6.18. The molecule has 2 N–H and O–H groups in total. The van der Waals surface area contributed by atoms with Crippen molar-refractivity contribution in [3.63, 3.8) is 0 Å². The Bertz CT molecular complexity index is 1160. The fourth-order valence-corrected chi connectivity index (χ4v) is 6.67. The highest BCUT2D eigenvalue weighted by atomic mass is 31.2. The predicted octanol–water partition coefficient (Wildman–Crippen LogP) is 4.33. The highest BCUT2D eigenvalue weighted by Gasteiger charge is 2.35. The Labute approximate surface area is 202 Å². The van der Waals surface area contributed by atoms with Crippen molar-refractivity contribution in [2.24, 2.45) is 5.16 Å². The lowest BCUT2D eigenvalue weighted by Gasteiger charge is -2.29. The summed E-state index contributed by atoms with van der Waals surface area (Å²) in [4.78, 5) is 24.6. The Morgan fingerprint density at radius 2 is 2.00 bits per heavy atom. The first-order valence-corrected chi connectivity index (χ1v) is 13.3. The van der Waals surface area contributed by atoms with Crippen LogP contribution in [0.2, 0.25) is 0 Å². The van der Waals surface area contributed by atoms with Gasteiger partial charge in [0.05, 0.1) is 25.0 Å². The summed E-state index contributed by atoms with van der Waals surface area (Å²) in [6.07, 6.45) is 1.92. The molecule has 35 heavy (non-hydrogen) atoms. The van der Waals surface area contributed by atoms with Crippen molar-refractivity contribution in [2.45, 2.75) is 31.8 Å². The Balaban J connectivity index is 1.36. The zero-order valence-corrected chi connectivity index (χ0v) is 20.1. The average Bonchev–Trinajstić information content (AvgIpc) is 3.20. The van der Waals surface area contributed by atoms with Crippen LogP contribution in [0.25, 0.3) is 0 Å². The smallest absolute Gasteiger partial charge is 0.414 e. The zero-order valence-electron chi connectivity index (χ0n) is 19.2. The van der Waals surface area contributed by atoms with E-state index in [2.05, 4.69) is 10.5 Å². The molecule has 2 heterocycles. The number of carbonyl (C=O) groups excluding carboxylic acids is 2. The number of amides is 2. The van der Waals surface area contributed by atoms with Gasteiger partial charge in [0.2, 0.25) is 13.3 Å². The topological polar surface area (TPSA) is 118 Å². The van der Waals surface area contributed by atoms with Crippen LogP contribution in [0.5, 0.6) is 5.75 Å². The van der Waals surface area contributed by atoms with Crippen LogP contribution in [0.15, 0.2) is 47.6 Å². The van der Waals surface area contributed by atoms with Crippen molar-refractivity contribution in [3.05, 3.63) is 59.4 Å². The van der Waals surface area contributed by atoms with Gasteiger partial charge >= 0.3 is 6.09 Å². The van der Waals surface area contributed by atoms with Gasteiger partial charge in [0.25, 0.3) is 0 Å². The molecule has 186 valence electrons. The molecule has 0 unspecified atom stereocenters. The second-order valence-corrected chi connectivity index (χ2v) is 11.4. The molecule has 0 bridgehead atoms. The lowest BCUT2D eigenvalue weighted by Crippen LogP contribution is -2.33. The molecule has 2 aliphatic rings. The largest absolute Gasteiger partial charge is 0.443 e. The van der Waals surface area contributed by atoms with Gasteiger partial charge in [-0.2, -0.15) is 0 Å². The minimum atomic E-state index is -2.90. The SMILES string of the molecule is CC(=O)NC[C@H]1CN(c2ccc(C3CCP(=O)(Oc4ccc(C=NO)cc4)CC3)c(F)c2)C(=O)O1. The quantitative estimate of drug-likeness (QED) is 0.251. The molecule has 0 aromatic heterocycles. The molecule has 9 nitrogen and oxygen atoms in total. The first kappa shape index (κ1) is 24.7. The Morgan fingerprint density at radius 3 is 2.63 bits per heavy atom. The first-order valence-electron chi connectivity index (χ1n) is 11.3. The molecule has 0 saturated carbocycles. The average molecular weight is 503 g/mol. The van der Waals surface area contributed by atoms with Crippen molar-refractivity contribution in [3.8, 4) is 5.75 Å². The molecule has 2 aromatic carbocycles. The van der Waals surface area contributed by atoms with E-state index < -0.39 is 25.4 Å². The Morgan fingerprint density at radius 1 is 1.29 bits per heavy atom. The maximum absolute atomic E-state index is 15.0. The number of nitrogens with one attached hydrogen (secondary N) is 1. The number of cyclic esters (lactones) is 1. The summed E-state index contributed by atoms with van der Waals surface area (Å²) in [6.45, 7) is 1.80. The van der Waals surface area contributed by atoms with Crippen molar-refractivity contribution in [1.82, 2.24) is 5.32 Å². The van der Waals surface area contributed by atoms with Gasteiger partial charge in [-0.05, 0) is 66.3 Å². The van der Waals surface area contributed by atoms with Crippen LogP contribution in [0.1, 0.15) is 36.8 Å². The van der Waals surface area contributed by atoms with Crippen LogP contribution in [-0.2, 0) is 14.1 Å². The normalized spacial score (nSPS) is 24.4. The Hall–Kier alpha value is -3.39. The van der Waals surface area contributed by atoms with E-state index in [4.69, 9.17) is 14.5 Å². The van der Waals surface area contributed by atoms with E-state index in [1.54, 1.807) is 36.4 Å². The molecule has 2 aromatic rings. The van der Waals surface area contributed by atoms with Crippen LogP contribution < -0.4 is 14.7 Å². The van der Waals surface area contributed by atoms with E-state index in [0.717, 1.165) is 0 Å². The van der Waals surface area contributed by atoms with Crippen LogP contribution in [0.3, 0.4) is 0 Å². The maximum Gasteiger partial charge on any atom is 0.414 e. The van der Waals surface area contributed by atoms with Crippen molar-refractivity contribution < 1.29 is 33.0 Å². The van der Waals surface area contributed by atoms with E-state index in [0.29, 0.717) is 47.7 Å². The summed E-state index contributed by atoms with van der Waals surface area (Å²) in [7, 11) is -2.90. The molecule has 2 fully saturated rings. The number of hydrogen-bond donors (Lipinski definition) is 2. The van der Waals surface area contributed by atoms with Gasteiger partial charge in [-0.15, -0.1) is 0 Å². The van der Waals surface area contributed by atoms with Crippen LogP contribution in [-0.4, -0.2) is 54.9 Å². The molecular weight excluding hydrogens is 476 g/mol. The number of halogens is 1. The van der Waals surface area contributed by atoms with Crippen LogP contribution >= 0.6 is 7.37 Å². The van der Waals surface area contributed by atoms with Gasteiger partial charge in [-0.1, -0.05) is 11.2 Å². The molecular formula is C24H27FN3O6P. The van der Waals surface area contributed by atoms with Crippen molar-refractivity contribution >= 4 is 31.3 Å². The minimum Gasteiger partial charge on any atom is -0.443 e. The fraction of sp³-hybridized carbons (Fsp3) is 0.375. The molecule has 11 heteroatoms. The van der Waals surface area contributed by atoms with Gasteiger partial charge in [0, 0.05) is 19.2 Å². The lowest BCUT2D eigenvalue weighted by molar-refractivity contribution is -0.119. The molecule has 0 aliphatic carbocycles. The maximum atomic E-state index is 15.0. The summed E-state index contributed by atoms with van der Waals surface area (Å²) >= 11 is 0. The number of benzene rings is 2. The fourth-order valence-electron chi connectivity index (χ4n) is 4.35. The van der Waals surface area contributed by atoms with Crippen LogP contribution in [0.4, 0.5) is 14.9 Å².